The predicted molar refractivity (Wildman–Crippen MR) is 101 cm³/mol. The van der Waals surface area contributed by atoms with Crippen LogP contribution < -0.4 is 5.01 Å². The Hall–Kier alpha value is -1.52. The van der Waals surface area contributed by atoms with Gasteiger partial charge in [0.15, 0.2) is 0 Å². The summed E-state index contributed by atoms with van der Waals surface area (Å²) in [6.07, 6.45) is 1.69. The Kier molecular flexibility index (Phi) is 4.88. The summed E-state index contributed by atoms with van der Waals surface area (Å²) in [5, 5.41) is 7.34. The molecule has 7 heteroatoms. The zero-order chi connectivity index (χ0) is 17.4. The van der Waals surface area contributed by atoms with Gasteiger partial charge in [0.25, 0.3) is 5.91 Å². The van der Waals surface area contributed by atoms with Gasteiger partial charge in [-0.2, -0.15) is 10.1 Å². The molecule has 122 valence electrons. The maximum absolute atomic E-state index is 12.7. The lowest BCUT2D eigenvalue weighted by molar-refractivity contribution is -0.114. The second kappa shape index (κ2) is 6.77. The number of hydrogen-bond donors (Lipinski definition) is 0. The lowest BCUT2D eigenvalue weighted by Gasteiger charge is -2.12. The highest BCUT2D eigenvalue weighted by atomic mass is 35.5. The molecule has 3 rings (SSSR count). The summed E-state index contributed by atoms with van der Waals surface area (Å²) in [5.41, 5.74) is 2.26. The molecule has 0 saturated carbocycles. The Morgan fingerprint density at radius 3 is 2.38 bits per heavy atom. The fraction of sp³-hybridized carbons (Fsp3) is 0.0588. The van der Waals surface area contributed by atoms with E-state index in [9.17, 15) is 4.79 Å². The number of benzene rings is 2. The van der Waals surface area contributed by atoms with Crippen LogP contribution in [0.5, 0.6) is 0 Å². The first-order valence-electron chi connectivity index (χ1n) is 6.88. The van der Waals surface area contributed by atoms with Gasteiger partial charge in [-0.05, 0) is 48.9 Å². The molecule has 1 aliphatic rings. The first kappa shape index (κ1) is 17.3. The van der Waals surface area contributed by atoms with Gasteiger partial charge < -0.3 is 0 Å². The van der Waals surface area contributed by atoms with Crippen LogP contribution in [0.1, 0.15) is 12.5 Å². The zero-order valence-corrected chi connectivity index (χ0v) is 15.4. The third-order valence-electron chi connectivity index (χ3n) is 3.47. The van der Waals surface area contributed by atoms with Crippen molar-refractivity contribution < 1.29 is 4.79 Å². The average Bonchev–Trinajstić information content (AvgIpc) is 2.80. The lowest BCUT2D eigenvalue weighted by Crippen LogP contribution is -2.21. The maximum atomic E-state index is 12.7. The van der Waals surface area contributed by atoms with Gasteiger partial charge in [-0.25, -0.2) is 0 Å². The van der Waals surface area contributed by atoms with E-state index < -0.39 is 0 Å². The van der Waals surface area contributed by atoms with Gasteiger partial charge in [-0.3, -0.25) is 4.79 Å². The molecule has 24 heavy (non-hydrogen) atoms. The third kappa shape index (κ3) is 3.31. The number of carbonyl (C=O) groups excluding carboxylic acids is 1. The molecular weight excluding hydrogens is 390 g/mol. The number of amides is 1. The van der Waals surface area contributed by atoms with Crippen LogP contribution in [0.2, 0.25) is 20.1 Å². The summed E-state index contributed by atoms with van der Waals surface area (Å²) in [6, 6.07) is 9.98. The molecule has 1 heterocycles. The number of hydrogen-bond acceptors (Lipinski definition) is 2. The predicted octanol–water partition coefficient (Wildman–Crippen LogP) is 6.11. The molecule has 2 aromatic rings. The number of hydrazone groups is 1. The molecule has 0 radical (unpaired) electrons. The Bertz CT molecular complexity index is 905. The fourth-order valence-corrected chi connectivity index (χ4v) is 3.01. The van der Waals surface area contributed by atoms with E-state index in [1.165, 1.54) is 5.01 Å². The Morgan fingerprint density at radius 1 is 0.958 bits per heavy atom. The van der Waals surface area contributed by atoms with E-state index >= 15 is 0 Å². The van der Waals surface area contributed by atoms with Crippen molar-refractivity contribution in [3.63, 3.8) is 0 Å². The number of nitrogens with zero attached hydrogens (tertiary/aromatic N) is 2. The van der Waals surface area contributed by atoms with Crippen LogP contribution >= 0.6 is 46.4 Å². The molecule has 0 saturated heterocycles. The second-order valence-corrected chi connectivity index (χ2v) is 6.78. The zero-order valence-electron chi connectivity index (χ0n) is 12.4. The van der Waals surface area contributed by atoms with Gasteiger partial charge in [0, 0.05) is 10.0 Å². The molecule has 1 aliphatic heterocycles. The Morgan fingerprint density at radius 2 is 1.71 bits per heavy atom. The van der Waals surface area contributed by atoms with Crippen LogP contribution in [0, 0.1) is 0 Å². The van der Waals surface area contributed by atoms with Crippen LogP contribution in [0.25, 0.3) is 6.08 Å². The molecule has 1 amide bonds. The molecule has 2 aromatic carbocycles. The summed E-state index contributed by atoms with van der Waals surface area (Å²) in [6.45, 7) is 1.76. The van der Waals surface area contributed by atoms with Gasteiger partial charge in [-0.1, -0.05) is 52.5 Å². The molecular formula is C17H10Cl4N2O. The largest absolute Gasteiger partial charge is 0.280 e. The molecule has 0 spiro atoms. The van der Waals surface area contributed by atoms with Crippen molar-refractivity contribution in [2.75, 3.05) is 5.01 Å². The van der Waals surface area contributed by atoms with Crippen LogP contribution in [0.3, 0.4) is 0 Å². The quantitative estimate of drug-likeness (QED) is 0.561. The SMILES string of the molecule is CC1=NN(c2ccc(Cl)c(Cl)c2)C(=O)C1=Cc1ccc(Cl)cc1Cl. The molecule has 0 fully saturated rings. The van der Waals surface area contributed by atoms with E-state index in [-0.39, 0.29) is 5.91 Å². The van der Waals surface area contributed by atoms with Crippen LogP contribution in [0.4, 0.5) is 5.69 Å². The number of halogens is 4. The highest BCUT2D eigenvalue weighted by Gasteiger charge is 2.29. The van der Waals surface area contributed by atoms with Gasteiger partial charge in [-0.15, -0.1) is 0 Å². The van der Waals surface area contributed by atoms with Gasteiger partial charge in [0.1, 0.15) is 0 Å². The van der Waals surface area contributed by atoms with Crippen molar-refractivity contribution in [3.8, 4) is 0 Å². The highest BCUT2D eigenvalue weighted by Crippen LogP contribution is 2.31. The van der Waals surface area contributed by atoms with E-state index in [0.29, 0.717) is 42.6 Å². The van der Waals surface area contributed by atoms with Gasteiger partial charge in [0.05, 0.1) is 27.0 Å². The monoisotopic (exact) mass is 398 g/mol. The van der Waals surface area contributed by atoms with Gasteiger partial charge >= 0.3 is 0 Å². The number of anilines is 1. The lowest BCUT2D eigenvalue weighted by atomic mass is 10.1. The highest BCUT2D eigenvalue weighted by molar-refractivity contribution is 6.42. The summed E-state index contributed by atoms with van der Waals surface area (Å²) < 4.78 is 0. The second-order valence-electron chi connectivity index (χ2n) is 5.12. The summed E-state index contributed by atoms with van der Waals surface area (Å²) >= 11 is 24.0. The molecule has 0 atom stereocenters. The molecule has 0 aliphatic carbocycles. The minimum atomic E-state index is -0.267. The fourth-order valence-electron chi connectivity index (χ4n) is 2.25. The summed E-state index contributed by atoms with van der Waals surface area (Å²) in [4.78, 5) is 12.7. The standard InChI is InChI=1S/C17H10Cl4N2O/c1-9-13(6-10-2-3-11(18)7-15(10)20)17(24)23(22-9)12-4-5-14(19)16(21)8-12/h2-8H,1H3. The van der Waals surface area contributed by atoms with Crippen molar-refractivity contribution in [2.45, 2.75) is 6.92 Å². The third-order valence-corrected chi connectivity index (χ3v) is 4.77. The molecule has 3 nitrogen and oxygen atoms in total. The Balaban J connectivity index is 1.98. The summed E-state index contributed by atoms with van der Waals surface area (Å²) in [5.74, 6) is -0.267. The van der Waals surface area contributed by atoms with Crippen molar-refractivity contribution in [3.05, 3.63) is 67.6 Å². The van der Waals surface area contributed by atoms with Crippen molar-refractivity contribution in [1.29, 1.82) is 0 Å². The van der Waals surface area contributed by atoms with Crippen LogP contribution in [0.15, 0.2) is 47.1 Å². The first-order valence-corrected chi connectivity index (χ1v) is 8.40. The molecule has 0 aromatic heterocycles. The number of rotatable bonds is 2. The minimum absolute atomic E-state index is 0.267. The van der Waals surface area contributed by atoms with Gasteiger partial charge in [0.2, 0.25) is 0 Å². The smallest absolute Gasteiger partial charge is 0.267 e. The minimum Gasteiger partial charge on any atom is -0.267 e. The maximum Gasteiger partial charge on any atom is 0.280 e. The van der Waals surface area contributed by atoms with Crippen molar-refractivity contribution in [1.82, 2.24) is 0 Å². The Labute approximate surface area is 159 Å². The van der Waals surface area contributed by atoms with Crippen LogP contribution in [-0.2, 0) is 4.79 Å². The van der Waals surface area contributed by atoms with E-state index in [4.69, 9.17) is 46.4 Å². The molecule has 0 N–H and O–H groups in total. The normalized spacial score (nSPS) is 16.0. The topological polar surface area (TPSA) is 32.7 Å². The van der Waals surface area contributed by atoms with E-state index in [2.05, 4.69) is 5.10 Å². The van der Waals surface area contributed by atoms with Crippen LogP contribution in [-0.4, -0.2) is 11.6 Å². The van der Waals surface area contributed by atoms with E-state index in [1.807, 2.05) is 0 Å². The van der Waals surface area contributed by atoms with E-state index in [0.717, 1.165) is 0 Å². The van der Waals surface area contributed by atoms with E-state index in [1.54, 1.807) is 49.4 Å². The number of carbonyl (C=O) groups is 1. The molecule has 0 unspecified atom stereocenters. The summed E-state index contributed by atoms with van der Waals surface area (Å²) in [7, 11) is 0. The van der Waals surface area contributed by atoms with Crippen molar-refractivity contribution in [2.24, 2.45) is 5.10 Å². The average molecular weight is 400 g/mol. The molecule has 0 bridgehead atoms. The van der Waals surface area contributed by atoms with Crippen molar-refractivity contribution >= 4 is 69.8 Å². The first-order chi connectivity index (χ1) is 11.4.